The Hall–Kier alpha value is -2.47. The van der Waals surface area contributed by atoms with Crippen LogP contribution < -0.4 is 14.2 Å². The highest BCUT2D eigenvalue weighted by molar-refractivity contribution is 6.32. The SMILES string of the molecule is COc1ccc(C2CCCN2C(=O)COc2ccc(F)cc2Cl)cc1OC. The first-order valence-corrected chi connectivity index (χ1v) is 9.00. The Morgan fingerprint density at radius 1 is 1.15 bits per heavy atom. The van der Waals surface area contributed by atoms with Gasteiger partial charge in [0.25, 0.3) is 5.91 Å². The fraction of sp³-hybridized carbons (Fsp3) is 0.350. The van der Waals surface area contributed by atoms with Crippen LogP contribution in [0.25, 0.3) is 0 Å². The zero-order valence-electron chi connectivity index (χ0n) is 15.2. The molecule has 0 aromatic heterocycles. The van der Waals surface area contributed by atoms with E-state index in [2.05, 4.69) is 0 Å². The Morgan fingerprint density at radius 3 is 2.59 bits per heavy atom. The van der Waals surface area contributed by atoms with E-state index in [-0.39, 0.29) is 29.3 Å². The van der Waals surface area contributed by atoms with Gasteiger partial charge in [0.15, 0.2) is 18.1 Å². The van der Waals surface area contributed by atoms with Gasteiger partial charge < -0.3 is 19.1 Å². The van der Waals surface area contributed by atoms with Gasteiger partial charge in [-0.05, 0) is 48.7 Å². The van der Waals surface area contributed by atoms with Crippen molar-refractivity contribution in [1.29, 1.82) is 0 Å². The molecule has 1 saturated heterocycles. The summed E-state index contributed by atoms with van der Waals surface area (Å²) in [5.74, 6) is 0.961. The molecule has 3 rings (SSSR count). The van der Waals surface area contributed by atoms with E-state index in [0.717, 1.165) is 24.5 Å². The molecule has 0 aliphatic carbocycles. The number of methoxy groups -OCH3 is 2. The topological polar surface area (TPSA) is 48.0 Å². The largest absolute Gasteiger partial charge is 0.493 e. The second kappa shape index (κ2) is 8.48. The van der Waals surface area contributed by atoms with Gasteiger partial charge in [-0.1, -0.05) is 17.7 Å². The lowest BCUT2D eigenvalue weighted by molar-refractivity contribution is -0.134. The van der Waals surface area contributed by atoms with E-state index in [4.69, 9.17) is 25.8 Å². The van der Waals surface area contributed by atoms with Crippen LogP contribution in [-0.2, 0) is 4.79 Å². The summed E-state index contributed by atoms with van der Waals surface area (Å²) in [5.41, 5.74) is 0.985. The quantitative estimate of drug-likeness (QED) is 0.736. The van der Waals surface area contributed by atoms with Crippen LogP contribution in [0, 0.1) is 5.82 Å². The van der Waals surface area contributed by atoms with Crippen LogP contribution in [0.3, 0.4) is 0 Å². The smallest absolute Gasteiger partial charge is 0.261 e. The number of amides is 1. The van der Waals surface area contributed by atoms with Crippen LogP contribution >= 0.6 is 11.6 Å². The van der Waals surface area contributed by atoms with Crippen LogP contribution in [-0.4, -0.2) is 38.2 Å². The van der Waals surface area contributed by atoms with E-state index in [1.54, 1.807) is 19.1 Å². The second-order valence-electron chi connectivity index (χ2n) is 6.22. The molecule has 1 heterocycles. The van der Waals surface area contributed by atoms with Crippen LogP contribution in [0.2, 0.25) is 5.02 Å². The van der Waals surface area contributed by atoms with E-state index in [1.807, 2.05) is 18.2 Å². The molecule has 0 radical (unpaired) electrons. The van der Waals surface area contributed by atoms with Crippen molar-refractivity contribution in [2.24, 2.45) is 0 Å². The third-order valence-electron chi connectivity index (χ3n) is 4.61. The number of carbonyl (C=O) groups is 1. The first-order valence-electron chi connectivity index (χ1n) is 8.62. The predicted molar refractivity (Wildman–Crippen MR) is 100 cm³/mol. The number of hydrogen-bond acceptors (Lipinski definition) is 4. The monoisotopic (exact) mass is 393 g/mol. The number of nitrogens with zero attached hydrogens (tertiary/aromatic N) is 1. The zero-order valence-corrected chi connectivity index (χ0v) is 16.0. The number of hydrogen-bond donors (Lipinski definition) is 0. The van der Waals surface area contributed by atoms with Crippen molar-refractivity contribution in [2.75, 3.05) is 27.4 Å². The van der Waals surface area contributed by atoms with Gasteiger partial charge in [-0.3, -0.25) is 4.79 Å². The van der Waals surface area contributed by atoms with Crippen LogP contribution in [0.15, 0.2) is 36.4 Å². The summed E-state index contributed by atoms with van der Waals surface area (Å²) in [4.78, 5) is 14.5. The van der Waals surface area contributed by atoms with Crippen molar-refractivity contribution in [3.63, 3.8) is 0 Å². The molecular formula is C20H21ClFNO4. The fourth-order valence-electron chi connectivity index (χ4n) is 3.29. The average Bonchev–Trinajstić information content (AvgIpc) is 3.16. The van der Waals surface area contributed by atoms with Crippen molar-refractivity contribution in [3.8, 4) is 17.2 Å². The van der Waals surface area contributed by atoms with Gasteiger partial charge in [-0.25, -0.2) is 4.39 Å². The van der Waals surface area contributed by atoms with Gasteiger partial charge in [0, 0.05) is 6.54 Å². The zero-order chi connectivity index (χ0) is 19.4. The third kappa shape index (κ3) is 4.27. The lowest BCUT2D eigenvalue weighted by Crippen LogP contribution is -2.34. The summed E-state index contributed by atoms with van der Waals surface area (Å²) >= 11 is 5.94. The summed E-state index contributed by atoms with van der Waals surface area (Å²) in [6, 6.07) is 9.44. The molecule has 1 amide bonds. The number of rotatable bonds is 6. The maximum Gasteiger partial charge on any atom is 0.261 e. The van der Waals surface area contributed by atoms with Crippen LogP contribution in [0.1, 0.15) is 24.4 Å². The third-order valence-corrected chi connectivity index (χ3v) is 4.91. The minimum atomic E-state index is -0.452. The minimum absolute atomic E-state index is 0.0513. The Bertz CT molecular complexity index is 830. The van der Waals surface area contributed by atoms with Crippen molar-refractivity contribution in [1.82, 2.24) is 4.90 Å². The predicted octanol–water partition coefficient (Wildman–Crippen LogP) is 4.24. The first-order chi connectivity index (χ1) is 13.0. The highest BCUT2D eigenvalue weighted by Gasteiger charge is 2.30. The van der Waals surface area contributed by atoms with Crippen LogP contribution in [0.5, 0.6) is 17.2 Å². The first kappa shape index (κ1) is 19.3. The summed E-state index contributed by atoms with van der Waals surface area (Å²) in [6.07, 6.45) is 1.76. The Labute approximate surface area is 162 Å². The molecule has 0 spiro atoms. The number of ether oxygens (including phenoxy) is 3. The highest BCUT2D eigenvalue weighted by atomic mass is 35.5. The molecule has 1 unspecified atom stereocenters. The summed E-state index contributed by atoms with van der Waals surface area (Å²) in [5, 5.41) is 0.140. The number of benzene rings is 2. The average molecular weight is 394 g/mol. The van der Waals surface area contributed by atoms with Crippen molar-refractivity contribution < 1.29 is 23.4 Å². The number of halogens is 2. The van der Waals surface area contributed by atoms with Crippen molar-refractivity contribution in [3.05, 3.63) is 52.8 Å². The van der Waals surface area contributed by atoms with E-state index in [0.29, 0.717) is 18.0 Å². The van der Waals surface area contributed by atoms with E-state index in [1.165, 1.54) is 12.1 Å². The maximum atomic E-state index is 13.1. The molecule has 27 heavy (non-hydrogen) atoms. The second-order valence-corrected chi connectivity index (χ2v) is 6.63. The van der Waals surface area contributed by atoms with Gasteiger partial charge in [-0.15, -0.1) is 0 Å². The Balaban J connectivity index is 1.71. The normalized spacial score (nSPS) is 16.3. The summed E-state index contributed by atoms with van der Waals surface area (Å²) in [7, 11) is 3.17. The standard InChI is InChI=1S/C20H21ClFNO4/c1-25-18-7-5-13(10-19(18)26-2)16-4-3-9-23(16)20(24)12-27-17-8-6-14(22)11-15(17)21/h5-8,10-11,16H,3-4,9,12H2,1-2H3. The highest BCUT2D eigenvalue weighted by Crippen LogP contribution is 2.37. The van der Waals surface area contributed by atoms with Crippen molar-refractivity contribution in [2.45, 2.75) is 18.9 Å². The summed E-state index contributed by atoms with van der Waals surface area (Å²) < 4.78 is 29.2. The molecule has 144 valence electrons. The van der Waals surface area contributed by atoms with Gasteiger partial charge >= 0.3 is 0 Å². The molecule has 1 fully saturated rings. The molecule has 0 saturated carbocycles. The van der Waals surface area contributed by atoms with Crippen molar-refractivity contribution >= 4 is 17.5 Å². The molecular weight excluding hydrogens is 373 g/mol. The van der Waals surface area contributed by atoms with E-state index < -0.39 is 5.82 Å². The van der Waals surface area contributed by atoms with Gasteiger partial charge in [0.1, 0.15) is 11.6 Å². The van der Waals surface area contributed by atoms with E-state index in [9.17, 15) is 9.18 Å². The number of carbonyl (C=O) groups excluding carboxylic acids is 1. The lowest BCUT2D eigenvalue weighted by atomic mass is 10.0. The van der Waals surface area contributed by atoms with Gasteiger partial charge in [0.2, 0.25) is 0 Å². The fourth-order valence-corrected chi connectivity index (χ4v) is 3.51. The molecule has 7 heteroatoms. The lowest BCUT2D eigenvalue weighted by Gasteiger charge is -2.26. The summed E-state index contributed by atoms with van der Waals surface area (Å²) in [6.45, 7) is 0.494. The van der Waals surface area contributed by atoms with Crippen LogP contribution in [0.4, 0.5) is 4.39 Å². The molecule has 5 nitrogen and oxygen atoms in total. The molecule has 2 aromatic rings. The molecule has 2 aromatic carbocycles. The Morgan fingerprint density at radius 2 is 1.89 bits per heavy atom. The minimum Gasteiger partial charge on any atom is -0.493 e. The van der Waals surface area contributed by atoms with Gasteiger partial charge in [-0.2, -0.15) is 0 Å². The van der Waals surface area contributed by atoms with E-state index >= 15 is 0 Å². The maximum absolute atomic E-state index is 13.1. The number of likely N-dealkylation sites (tertiary alicyclic amines) is 1. The molecule has 1 atom stereocenters. The van der Waals surface area contributed by atoms with Gasteiger partial charge in [0.05, 0.1) is 25.3 Å². The molecule has 0 bridgehead atoms. The Kier molecular flexibility index (Phi) is 6.06. The molecule has 1 aliphatic rings. The molecule has 0 N–H and O–H groups in total. The molecule has 1 aliphatic heterocycles.